The van der Waals surface area contributed by atoms with Crippen molar-refractivity contribution in [3.8, 4) is 0 Å². The Morgan fingerprint density at radius 3 is 2.58 bits per heavy atom. The molecular formula is C10H11F4N5. The second-order valence-corrected chi connectivity index (χ2v) is 3.78. The number of rotatable bonds is 5. The molecular weight excluding hydrogens is 266 g/mol. The molecule has 5 nitrogen and oxygen atoms in total. The summed E-state index contributed by atoms with van der Waals surface area (Å²) in [5.74, 6) is 0. The monoisotopic (exact) mass is 277 g/mol. The highest BCUT2D eigenvalue weighted by atomic mass is 19.3. The fourth-order valence-corrected chi connectivity index (χ4v) is 1.60. The van der Waals surface area contributed by atoms with Crippen molar-refractivity contribution in [2.45, 2.75) is 26.6 Å². The van der Waals surface area contributed by atoms with Crippen LogP contribution >= 0.6 is 0 Å². The quantitative estimate of drug-likeness (QED) is 0.855. The molecule has 2 aromatic heterocycles. The normalized spacial score (nSPS) is 11.5. The standard InChI is InChI=1S/C10H11F4N5/c1-6-8(5-18(17-6)9(11)12)15-4-7-2-3-16-19(7)10(13)14/h2-3,5,9-10,15H,4H2,1H3. The van der Waals surface area contributed by atoms with Gasteiger partial charge in [-0.25, -0.2) is 9.36 Å². The lowest BCUT2D eigenvalue weighted by molar-refractivity contribution is 0.0537. The summed E-state index contributed by atoms with van der Waals surface area (Å²) in [6.07, 6.45) is 2.38. The molecule has 2 rings (SSSR count). The van der Waals surface area contributed by atoms with Crippen LogP contribution in [0.5, 0.6) is 0 Å². The largest absolute Gasteiger partial charge is 0.377 e. The lowest BCUT2D eigenvalue weighted by atomic mass is 10.3. The molecule has 0 fully saturated rings. The molecule has 2 aromatic rings. The maximum atomic E-state index is 12.5. The van der Waals surface area contributed by atoms with E-state index in [0.29, 0.717) is 20.7 Å². The third-order valence-corrected chi connectivity index (χ3v) is 2.51. The van der Waals surface area contributed by atoms with Crippen LogP contribution in [0, 0.1) is 6.92 Å². The molecule has 0 aliphatic heterocycles. The molecule has 0 radical (unpaired) electrons. The SMILES string of the molecule is Cc1nn(C(F)F)cc1NCc1ccnn1C(F)F. The molecule has 0 unspecified atom stereocenters. The molecule has 9 heteroatoms. The Balaban J connectivity index is 2.08. The van der Waals surface area contributed by atoms with E-state index < -0.39 is 13.1 Å². The van der Waals surface area contributed by atoms with E-state index in [1.807, 2.05) is 0 Å². The Bertz CT molecular complexity index is 548. The van der Waals surface area contributed by atoms with E-state index in [1.54, 1.807) is 6.92 Å². The summed E-state index contributed by atoms with van der Waals surface area (Å²) in [6, 6.07) is 1.42. The van der Waals surface area contributed by atoms with Gasteiger partial charge < -0.3 is 5.32 Å². The summed E-state index contributed by atoms with van der Waals surface area (Å²) in [4.78, 5) is 0. The molecule has 0 saturated heterocycles. The van der Waals surface area contributed by atoms with Crippen molar-refractivity contribution in [3.63, 3.8) is 0 Å². The van der Waals surface area contributed by atoms with E-state index in [1.165, 1.54) is 12.3 Å². The van der Waals surface area contributed by atoms with Crippen molar-refractivity contribution in [1.82, 2.24) is 19.6 Å². The maximum absolute atomic E-state index is 12.5. The number of alkyl halides is 4. The number of hydrogen-bond donors (Lipinski definition) is 1. The van der Waals surface area contributed by atoms with Crippen LogP contribution in [-0.4, -0.2) is 19.6 Å². The van der Waals surface area contributed by atoms with Crippen molar-refractivity contribution < 1.29 is 17.6 Å². The van der Waals surface area contributed by atoms with Gasteiger partial charge in [-0.3, -0.25) is 0 Å². The number of anilines is 1. The lowest BCUT2D eigenvalue weighted by Gasteiger charge is -2.07. The molecule has 2 heterocycles. The smallest absolute Gasteiger partial charge is 0.333 e. The number of aromatic nitrogens is 4. The van der Waals surface area contributed by atoms with E-state index in [9.17, 15) is 17.6 Å². The summed E-state index contributed by atoms with van der Waals surface area (Å²) >= 11 is 0. The Hall–Kier alpha value is -2.06. The van der Waals surface area contributed by atoms with Gasteiger partial charge in [0.2, 0.25) is 0 Å². The predicted molar refractivity (Wildman–Crippen MR) is 59.0 cm³/mol. The first-order valence-corrected chi connectivity index (χ1v) is 5.37. The van der Waals surface area contributed by atoms with E-state index >= 15 is 0 Å². The Labute approximate surface area is 105 Å². The highest BCUT2D eigenvalue weighted by Gasteiger charge is 2.14. The maximum Gasteiger partial charge on any atom is 0.333 e. The zero-order chi connectivity index (χ0) is 14.0. The van der Waals surface area contributed by atoms with Crippen LogP contribution in [0.2, 0.25) is 0 Å². The number of halogens is 4. The van der Waals surface area contributed by atoms with Gasteiger partial charge in [-0.15, -0.1) is 0 Å². The van der Waals surface area contributed by atoms with Crippen LogP contribution in [0.3, 0.4) is 0 Å². The van der Waals surface area contributed by atoms with Gasteiger partial charge >= 0.3 is 13.1 Å². The average molecular weight is 277 g/mol. The van der Waals surface area contributed by atoms with Gasteiger partial charge in [0.15, 0.2) is 0 Å². The van der Waals surface area contributed by atoms with Gasteiger partial charge in [-0.1, -0.05) is 0 Å². The average Bonchev–Trinajstić information content (AvgIpc) is 2.92. The summed E-state index contributed by atoms with van der Waals surface area (Å²) in [7, 11) is 0. The van der Waals surface area contributed by atoms with Gasteiger partial charge in [0, 0.05) is 6.20 Å². The summed E-state index contributed by atoms with van der Waals surface area (Å²) in [5, 5.41) is 9.85. The van der Waals surface area contributed by atoms with Gasteiger partial charge in [-0.05, 0) is 13.0 Å². The number of aryl methyl sites for hydroxylation is 1. The van der Waals surface area contributed by atoms with Crippen LogP contribution in [-0.2, 0) is 6.54 Å². The fourth-order valence-electron chi connectivity index (χ4n) is 1.60. The topological polar surface area (TPSA) is 47.7 Å². The first kappa shape index (κ1) is 13.4. The van der Waals surface area contributed by atoms with Gasteiger partial charge in [-0.2, -0.15) is 27.8 Å². The van der Waals surface area contributed by atoms with Gasteiger partial charge in [0.1, 0.15) is 0 Å². The van der Waals surface area contributed by atoms with Crippen molar-refractivity contribution in [1.29, 1.82) is 0 Å². The van der Waals surface area contributed by atoms with Crippen LogP contribution in [0.4, 0.5) is 23.2 Å². The number of nitrogens with zero attached hydrogens (tertiary/aromatic N) is 4. The Morgan fingerprint density at radius 2 is 2.00 bits per heavy atom. The van der Waals surface area contributed by atoms with E-state index in [-0.39, 0.29) is 12.2 Å². The first-order chi connectivity index (χ1) is 8.99. The molecule has 0 atom stereocenters. The molecule has 0 aliphatic carbocycles. The third-order valence-electron chi connectivity index (χ3n) is 2.51. The zero-order valence-electron chi connectivity index (χ0n) is 9.89. The van der Waals surface area contributed by atoms with E-state index in [0.717, 1.165) is 6.20 Å². The van der Waals surface area contributed by atoms with Crippen LogP contribution in [0.25, 0.3) is 0 Å². The molecule has 0 bridgehead atoms. The molecule has 0 aliphatic rings. The van der Waals surface area contributed by atoms with Crippen LogP contribution in [0.15, 0.2) is 18.5 Å². The zero-order valence-corrected chi connectivity index (χ0v) is 9.89. The summed E-state index contributed by atoms with van der Waals surface area (Å²) in [6.45, 7) is -3.89. The molecule has 19 heavy (non-hydrogen) atoms. The van der Waals surface area contributed by atoms with Crippen molar-refractivity contribution in [2.24, 2.45) is 0 Å². The summed E-state index contributed by atoms with van der Waals surface area (Å²) in [5.41, 5.74) is 0.977. The predicted octanol–water partition coefficient (Wildman–Crippen LogP) is 2.79. The lowest BCUT2D eigenvalue weighted by Crippen LogP contribution is -2.09. The van der Waals surface area contributed by atoms with Crippen molar-refractivity contribution in [2.75, 3.05) is 5.32 Å². The highest BCUT2D eigenvalue weighted by molar-refractivity contribution is 5.45. The fraction of sp³-hybridized carbons (Fsp3) is 0.400. The third kappa shape index (κ3) is 2.85. The first-order valence-electron chi connectivity index (χ1n) is 5.37. The molecule has 0 amide bonds. The van der Waals surface area contributed by atoms with Crippen LogP contribution < -0.4 is 5.32 Å². The Kier molecular flexibility index (Phi) is 3.72. The highest BCUT2D eigenvalue weighted by Crippen LogP contribution is 2.19. The molecule has 0 saturated carbocycles. The number of hydrogen-bond acceptors (Lipinski definition) is 3. The molecule has 1 N–H and O–H groups in total. The van der Waals surface area contributed by atoms with Crippen LogP contribution in [0.1, 0.15) is 24.5 Å². The van der Waals surface area contributed by atoms with E-state index in [2.05, 4.69) is 15.5 Å². The minimum Gasteiger partial charge on any atom is -0.377 e. The minimum atomic E-state index is -2.74. The van der Waals surface area contributed by atoms with Gasteiger partial charge in [0.05, 0.1) is 29.8 Å². The van der Waals surface area contributed by atoms with E-state index in [4.69, 9.17) is 0 Å². The second kappa shape index (κ2) is 5.29. The van der Waals surface area contributed by atoms with Gasteiger partial charge in [0.25, 0.3) is 0 Å². The summed E-state index contributed by atoms with van der Waals surface area (Å²) < 4.78 is 50.9. The Morgan fingerprint density at radius 1 is 1.26 bits per heavy atom. The minimum absolute atomic E-state index is 0.0418. The van der Waals surface area contributed by atoms with Crippen molar-refractivity contribution in [3.05, 3.63) is 29.8 Å². The van der Waals surface area contributed by atoms with Crippen molar-refractivity contribution >= 4 is 5.69 Å². The second-order valence-electron chi connectivity index (χ2n) is 3.78. The number of nitrogens with one attached hydrogen (secondary N) is 1. The molecule has 0 spiro atoms. The molecule has 0 aromatic carbocycles. The molecule has 104 valence electrons.